The minimum absolute atomic E-state index is 0.327. The Hall–Kier alpha value is -0.850. The molecule has 12 heavy (non-hydrogen) atoms. The highest BCUT2D eigenvalue weighted by Crippen LogP contribution is 1.97. The monoisotopic (exact) mass is 165 g/mol. The maximum absolute atomic E-state index is 7.51. The molecule has 0 fully saturated rings. The minimum atomic E-state index is 0.327. The number of nitrogens with one attached hydrogen (secondary N) is 1. The molecule has 0 aromatic rings. The van der Waals surface area contributed by atoms with E-state index in [1.54, 1.807) is 0 Å². The fraction of sp³-hybridized carbons (Fsp3) is 0.545. The lowest BCUT2D eigenvalue weighted by atomic mass is 10.1. The normalized spacial score (nSPS) is 12.5. The zero-order chi connectivity index (χ0) is 9.56. The minimum Gasteiger partial charge on any atom is -0.305 e. The first-order chi connectivity index (χ1) is 5.54. The first-order valence-corrected chi connectivity index (χ1v) is 4.47. The Balaban J connectivity index is 3.84. The second kappa shape index (κ2) is 5.76. The van der Waals surface area contributed by atoms with Crippen molar-refractivity contribution < 1.29 is 0 Å². The van der Waals surface area contributed by atoms with Crippen LogP contribution in [0.15, 0.2) is 24.3 Å². The Morgan fingerprint density at radius 3 is 2.08 bits per heavy atom. The molecule has 0 bridgehead atoms. The van der Waals surface area contributed by atoms with Crippen LogP contribution in [-0.2, 0) is 0 Å². The molecule has 0 aliphatic carbocycles. The van der Waals surface area contributed by atoms with E-state index in [1.165, 1.54) is 0 Å². The lowest BCUT2D eigenvalue weighted by molar-refractivity contribution is 0.832. The summed E-state index contributed by atoms with van der Waals surface area (Å²) in [7, 11) is 0. The van der Waals surface area contributed by atoms with Crippen LogP contribution in [0.25, 0.3) is 0 Å². The van der Waals surface area contributed by atoms with E-state index in [1.807, 2.05) is 32.1 Å². The molecule has 0 aromatic carbocycles. The average Bonchev–Trinajstić information content (AvgIpc) is 1.97. The SMILES string of the molecule is CC(C)/C=C/C=C\C(=N)C(C)C. The second-order valence-corrected chi connectivity index (χ2v) is 3.60. The van der Waals surface area contributed by atoms with Crippen LogP contribution in [0, 0.1) is 17.2 Å². The summed E-state index contributed by atoms with van der Waals surface area (Å²) < 4.78 is 0. The maximum Gasteiger partial charge on any atom is 0.0339 e. The van der Waals surface area contributed by atoms with E-state index in [0.717, 1.165) is 0 Å². The molecule has 1 heteroatoms. The number of hydrogen-bond acceptors (Lipinski definition) is 1. The van der Waals surface area contributed by atoms with Gasteiger partial charge in [-0.05, 0) is 17.9 Å². The van der Waals surface area contributed by atoms with Crippen molar-refractivity contribution in [2.45, 2.75) is 27.7 Å². The van der Waals surface area contributed by atoms with Gasteiger partial charge in [0.1, 0.15) is 0 Å². The van der Waals surface area contributed by atoms with Gasteiger partial charge in [-0.25, -0.2) is 0 Å². The van der Waals surface area contributed by atoms with Gasteiger partial charge in [0, 0.05) is 5.71 Å². The van der Waals surface area contributed by atoms with E-state index in [-0.39, 0.29) is 0 Å². The van der Waals surface area contributed by atoms with Crippen molar-refractivity contribution in [1.29, 1.82) is 5.41 Å². The van der Waals surface area contributed by atoms with Gasteiger partial charge in [0.15, 0.2) is 0 Å². The van der Waals surface area contributed by atoms with E-state index < -0.39 is 0 Å². The molecule has 1 N–H and O–H groups in total. The van der Waals surface area contributed by atoms with Crippen LogP contribution in [0.4, 0.5) is 0 Å². The molecule has 0 saturated heterocycles. The van der Waals surface area contributed by atoms with Gasteiger partial charge >= 0.3 is 0 Å². The molecule has 0 unspecified atom stereocenters. The molecule has 0 amide bonds. The van der Waals surface area contributed by atoms with Crippen LogP contribution in [-0.4, -0.2) is 5.71 Å². The van der Waals surface area contributed by atoms with Gasteiger partial charge < -0.3 is 5.41 Å². The van der Waals surface area contributed by atoms with E-state index in [9.17, 15) is 0 Å². The zero-order valence-corrected chi connectivity index (χ0v) is 8.46. The van der Waals surface area contributed by atoms with Crippen molar-refractivity contribution in [3.8, 4) is 0 Å². The topological polar surface area (TPSA) is 23.9 Å². The van der Waals surface area contributed by atoms with Crippen LogP contribution in [0.3, 0.4) is 0 Å². The summed E-state index contributed by atoms with van der Waals surface area (Å²) in [6.45, 7) is 8.33. The third kappa shape index (κ3) is 5.90. The molecule has 0 atom stereocenters. The van der Waals surface area contributed by atoms with Gasteiger partial charge in [0.2, 0.25) is 0 Å². The Labute approximate surface area is 75.7 Å². The molecule has 68 valence electrons. The lowest BCUT2D eigenvalue weighted by Gasteiger charge is -1.98. The van der Waals surface area contributed by atoms with Crippen molar-refractivity contribution in [2.24, 2.45) is 11.8 Å². The fourth-order valence-electron chi connectivity index (χ4n) is 0.638. The molecular formula is C11H19N. The van der Waals surface area contributed by atoms with Gasteiger partial charge in [0.05, 0.1) is 0 Å². The average molecular weight is 165 g/mol. The molecule has 0 aliphatic heterocycles. The maximum atomic E-state index is 7.51. The van der Waals surface area contributed by atoms with E-state index in [0.29, 0.717) is 17.5 Å². The highest BCUT2D eigenvalue weighted by atomic mass is 14.4. The van der Waals surface area contributed by atoms with Gasteiger partial charge in [0.25, 0.3) is 0 Å². The first-order valence-electron chi connectivity index (χ1n) is 4.47. The van der Waals surface area contributed by atoms with Gasteiger partial charge in [-0.2, -0.15) is 0 Å². The summed E-state index contributed by atoms with van der Waals surface area (Å²) in [6, 6.07) is 0. The molecule has 0 radical (unpaired) electrons. The fourth-order valence-corrected chi connectivity index (χ4v) is 0.638. The van der Waals surface area contributed by atoms with Crippen molar-refractivity contribution in [3.63, 3.8) is 0 Å². The number of rotatable bonds is 4. The van der Waals surface area contributed by atoms with E-state index >= 15 is 0 Å². The standard InChI is InChI=1S/C11H19N/c1-9(2)7-5-6-8-11(12)10(3)4/h5-10,12H,1-4H3/b7-5+,8-6-,12-11?. The Morgan fingerprint density at radius 1 is 1.08 bits per heavy atom. The Kier molecular flexibility index (Phi) is 5.35. The van der Waals surface area contributed by atoms with Crippen LogP contribution in [0.2, 0.25) is 0 Å². The molecular weight excluding hydrogens is 146 g/mol. The van der Waals surface area contributed by atoms with Crippen LogP contribution in [0.5, 0.6) is 0 Å². The van der Waals surface area contributed by atoms with Crippen molar-refractivity contribution in [3.05, 3.63) is 24.3 Å². The molecule has 0 spiro atoms. The van der Waals surface area contributed by atoms with Crippen molar-refractivity contribution in [2.75, 3.05) is 0 Å². The summed E-state index contributed by atoms with van der Waals surface area (Å²) in [6.07, 6.45) is 7.90. The quantitative estimate of drug-likeness (QED) is 0.487. The zero-order valence-electron chi connectivity index (χ0n) is 8.46. The Morgan fingerprint density at radius 2 is 1.67 bits per heavy atom. The third-order valence-electron chi connectivity index (χ3n) is 1.50. The summed E-state index contributed by atoms with van der Waals surface area (Å²) in [4.78, 5) is 0. The Bertz CT molecular complexity index is 185. The predicted octanol–water partition coefficient (Wildman–Crippen LogP) is 3.43. The number of hydrogen-bond donors (Lipinski definition) is 1. The highest BCUT2D eigenvalue weighted by molar-refractivity contribution is 5.93. The van der Waals surface area contributed by atoms with Crippen LogP contribution >= 0.6 is 0 Å². The van der Waals surface area contributed by atoms with E-state index in [2.05, 4.69) is 19.9 Å². The molecule has 0 heterocycles. The molecule has 0 aliphatic rings. The summed E-state index contributed by atoms with van der Waals surface area (Å²) in [5.41, 5.74) is 0.684. The van der Waals surface area contributed by atoms with Gasteiger partial charge in [-0.15, -0.1) is 0 Å². The molecule has 0 aromatic heterocycles. The summed E-state index contributed by atoms with van der Waals surface area (Å²) >= 11 is 0. The lowest BCUT2D eigenvalue weighted by Crippen LogP contribution is -2.00. The highest BCUT2D eigenvalue weighted by Gasteiger charge is 1.94. The largest absolute Gasteiger partial charge is 0.305 e. The second-order valence-electron chi connectivity index (χ2n) is 3.60. The van der Waals surface area contributed by atoms with Gasteiger partial charge in [-0.3, -0.25) is 0 Å². The van der Waals surface area contributed by atoms with Crippen molar-refractivity contribution >= 4 is 5.71 Å². The van der Waals surface area contributed by atoms with Crippen molar-refractivity contribution in [1.82, 2.24) is 0 Å². The first kappa shape index (κ1) is 11.2. The predicted molar refractivity (Wildman–Crippen MR) is 55.7 cm³/mol. The smallest absolute Gasteiger partial charge is 0.0339 e. The van der Waals surface area contributed by atoms with Crippen LogP contribution < -0.4 is 0 Å². The number of allylic oxidation sites excluding steroid dienone is 4. The molecule has 1 nitrogen and oxygen atoms in total. The molecule has 0 saturated carbocycles. The van der Waals surface area contributed by atoms with E-state index in [4.69, 9.17) is 5.41 Å². The third-order valence-corrected chi connectivity index (χ3v) is 1.50. The molecule has 0 rings (SSSR count). The van der Waals surface area contributed by atoms with Gasteiger partial charge in [-0.1, -0.05) is 45.9 Å². The van der Waals surface area contributed by atoms with Crippen LogP contribution in [0.1, 0.15) is 27.7 Å². The summed E-state index contributed by atoms with van der Waals surface area (Å²) in [5.74, 6) is 0.914. The summed E-state index contributed by atoms with van der Waals surface area (Å²) in [5, 5.41) is 7.51.